The summed E-state index contributed by atoms with van der Waals surface area (Å²) in [6.45, 7) is 5.86. The number of rotatable bonds is 10. The lowest BCUT2D eigenvalue weighted by molar-refractivity contribution is -0.125. The maximum absolute atomic E-state index is 14.5. The fraction of sp³-hybridized carbons (Fsp3) is 0.290. The van der Waals surface area contributed by atoms with Gasteiger partial charge in [-0.1, -0.05) is 32.9 Å². The van der Waals surface area contributed by atoms with E-state index >= 15 is 0 Å². The van der Waals surface area contributed by atoms with Crippen molar-refractivity contribution < 1.29 is 22.8 Å². The third-order valence-electron chi connectivity index (χ3n) is 6.84. The number of pyridine rings is 1. The Morgan fingerprint density at radius 2 is 1.71 bits per heavy atom. The van der Waals surface area contributed by atoms with Gasteiger partial charge in [-0.3, -0.25) is 14.6 Å². The zero-order chi connectivity index (χ0) is 29.7. The minimum atomic E-state index is -0.825. The molecular weight excluding hydrogens is 531 g/mol. The number of halogens is 3. The average Bonchev–Trinajstić information content (AvgIpc) is 3.42. The van der Waals surface area contributed by atoms with Crippen molar-refractivity contribution in [3.63, 3.8) is 0 Å². The van der Waals surface area contributed by atoms with E-state index in [2.05, 4.69) is 20.6 Å². The summed E-state index contributed by atoms with van der Waals surface area (Å²) in [5.74, 6) is -2.27. The van der Waals surface area contributed by atoms with Crippen LogP contribution in [0.1, 0.15) is 72.6 Å². The lowest BCUT2D eigenvalue weighted by Gasteiger charge is -2.26. The highest BCUT2D eigenvalue weighted by Crippen LogP contribution is 2.31. The number of amides is 2. The summed E-state index contributed by atoms with van der Waals surface area (Å²) in [6, 6.07) is 9.28. The van der Waals surface area contributed by atoms with Crippen molar-refractivity contribution in [2.75, 3.05) is 7.05 Å². The van der Waals surface area contributed by atoms with Crippen LogP contribution in [0, 0.1) is 17.5 Å². The zero-order valence-electron chi connectivity index (χ0n) is 23.3. The number of nitrogens with zero attached hydrogens (tertiary/aromatic N) is 3. The van der Waals surface area contributed by atoms with Crippen LogP contribution in [-0.2, 0) is 11.2 Å². The average molecular weight is 564 g/mol. The Morgan fingerprint density at radius 1 is 0.976 bits per heavy atom. The summed E-state index contributed by atoms with van der Waals surface area (Å²) in [7, 11) is 1.41. The van der Waals surface area contributed by atoms with Crippen LogP contribution in [0.15, 0.2) is 67.1 Å². The number of carbonyl (C=O) groups excluding carboxylic acids is 2. The Morgan fingerprint density at radius 3 is 2.37 bits per heavy atom. The summed E-state index contributed by atoms with van der Waals surface area (Å²) in [4.78, 5) is 35.0. The van der Waals surface area contributed by atoms with Gasteiger partial charge in [-0.25, -0.2) is 18.2 Å². The molecule has 4 aromatic rings. The Labute approximate surface area is 236 Å². The Kier molecular flexibility index (Phi) is 9.21. The quantitative estimate of drug-likeness (QED) is 0.252. The number of nitrogens with one attached hydrogen (secondary N) is 2. The van der Waals surface area contributed by atoms with Crippen molar-refractivity contribution in [1.82, 2.24) is 25.2 Å². The van der Waals surface area contributed by atoms with Crippen LogP contribution in [0.4, 0.5) is 13.2 Å². The van der Waals surface area contributed by atoms with Gasteiger partial charge in [0.1, 0.15) is 29.3 Å². The molecule has 2 heterocycles. The van der Waals surface area contributed by atoms with E-state index in [1.807, 2.05) is 25.3 Å². The second-order valence-corrected chi connectivity index (χ2v) is 10.0. The molecule has 0 radical (unpaired) electrons. The van der Waals surface area contributed by atoms with E-state index in [-0.39, 0.29) is 23.8 Å². The van der Waals surface area contributed by atoms with E-state index < -0.39 is 35.4 Å². The molecule has 41 heavy (non-hydrogen) atoms. The first-order chi connectivity index (χ1) is 19.6. The number of aromatic nitrogens is 3. The van der Waals surface area contributed by atoms with Crippen molar-refractivity contribution in [3.05, 3.63) is 107 Å². The summed E-state index contributed by atoms with van der Waals surface area (Å²) in [6.07, 6.45) is 5.42. The largest absolute Gasteiger partial charge is 0.355 e. The SMILES string of the molecule is CCC(C(=O)N[C@@H](Cc1cc(F)cc(F)c1)c1ncccc1-c1ccc(F)c(C(=O)NC)c1)n1ccnc1C(C)C. The van der Waals surface area contributed by atoms with Gasteiger partial charge in [-0.2, -0.15) is 0 Å². The van der Waals surface area contributed by atoms with Crippen molar-refractivity contribution in [1.29, 1.82) is 0 Å². The third kappa shape index (κ3) is 6.65. The molecule has 2 aromatic carbocycles. The highest BCUT2D eigenvalue weighted by molar-refractivity contribution is 5.95. The lowest BCUT2D eigenvalue weighted by Crippen LogP contribution is -2.37. The molecule has 0 bridgehead atoms. The highest BCUT2D eigenvalue weighted by Gasteiger charge is 2.27. The number of imidazole rings is 1. The van der Waals surface area contributed by atoms with Gasteiger partial charge in [-0.05, 0) is 54.3 Å². The van der Waals surface area contributed by atoms with Crippen molar-refractivity contribution in [3.8, 4) is 11.1 Å². The predicted octanol–water partition coefficient (Wildman–Crippen LogP) is 5.90. The van der Waals surface area contributed by atoms with Crippen molar-refractivity contribution >= 4 is 11.8 Å². The molecule has 7 nitrogen and oxygen atoms in total. The first-order valence-corrected chi connectivity index (χ1v) is 13.4. The summed E-state index contributed by atoms with van der Waals surface area (Å²) < 4.78 is 44.6. The first kappa shape index (κ1) is 29.5. The number of hydrogen-bond acceptors (Lipinski definition) is 4. The molecule has 2 amide bonds. The molecule has 0 saturated heterocycles. The van der Waals surface area contributed by atoms with Crippen LogP contribution >= 0.6 is 0 Å². The molecule has 2 N–H and O–H groups in total. The lowest BCUT2D eigenvalue weighted by atomic mass is 9.94. The van der Waals surface area contributed by atoms with Gasteiger partial charge in [0, 0.05) is 43.2 Å². The molecule has 0 aliphatic rings. The minimum absolute atomic E-state index is 0.0192. The summed E-state index contributed by atoms with van der Waals surface area (Å²) >= 11 is 0. The van der Waals surface area contributed by atoms with Crippen LogP contribution in [0.5, 0.6) is 0 Å². The Hall–Kier alpha value is -4.47. The van der Waals surface area contributed by atoms with Gasteiger partial charge < -0.3 is 15.2 Å². The van der Waals surface area contributed by atoms with Crippen LogP contribution in [-0.4, -0.2) is 33.4 Å². The summed E-state index contributed by atoms with van der Waals surface area (Å²) in [5, 5.41) is 5.47. The smallest absolute Gasteiger partial charge is 0.254 e. The molecule has 0 spiro atoms. The topological polar surface area (TPSA) is 88.9 Å². The molecule has 4 rings (SSSR count). The molecular formula is C31H32F3N5O2. The second-order valence-electron chi connectivity index (χ2n) is 10.0. The predicted molar refractivity (Wildman–Crippen MR) is 150 cm³/mol. The fourth-order valence-electron chi connectivity index (χ4n) is 4.93. The maximum Gasteiger partial charge on any atom is 0.254 e. The Balaban J connectivity index is 1.79. The van der Waals surface area contributed by atoms with Gasteiger partial charge in [0.2, 0.25) is 5.91 Å². The molecule has 2 atom stereocenters. The van der Waals surface area contributed by atoms with E-state index in [1.54, 1.807) is 24.5 Å². The van der Waals surface area contributed by atoms with E-state index in [0.29, 0.717) is 28.8 Å². The number of benzene rings is 2. The van der Waals surface area contributed by atoms with Gasteiger partial charge in [0.15, 0.2) is 0 Å². The van der Waals surface area contributed by atoms with Gasteiger partial charge in [0.25, 0.3) is 5.91 Å². The normalized spacial score (nSPS) is 12.7. The van der Waals surface area contributed by atoms with E-state index in [0.717, 1.165) is 11.9 Å². The highest BCUT2D eigenvalue weighted by atomic mass is 19.1. The van der Waals surface area contributed by atoms with Gasteiger partial charge >= 0.3 is 0 Å². The van der Waals surface area contributed by atoms with Crippen molar-refractivity contribution in [2.24, 2.45) is 0 Å². The fourth-order valence-corrected chi connectivity index (χ4v) is 4.93. The molecule has 214 valence electrons. The van der Waals surface area contributed by atoms with E-state index in [9.17, 15) is 22.8 Å². The standard InChI is InChI=1S/C31H32F3N5O2/c1-5-27(39-12-11-37-29(39)18(2)3)31(41)38-26(15-19-13-21(32)17-22(33)14-19)28-23(7-6-10-36-28)20-8-9-25(34)24(16-20)30(40)35-4/h6-14,16-18,26-27H,5,15H2,1-4H3,(H,35,40)(H,38,41)/t26-,27?/m0/s1. The van der Waals surface area contributed by atoms with Crippen LogP contribution in [0.2, 0.25) is 0 Å². The second kappa shape index (κ2) is 12.8. The van der Waals surface area contributed by atoms with Crippen LogP contribution < -0.4 is 10.6 Å². The first-order valence-electron chi connectivity index (χ1n) is 13.4. The molecule has 2 aromatic heterocycles. The van der Waals surface area contributed by atoms with Crippen molar-refractivity contribution in [2.45, 2.75) is 51.6 Å². The monoisotopic (exact) mass is 563 g/mol. The molecule has 0 aliphatic carbocycles. The maximum atomic E-state index is 14.5. The molecule has 0 aliphatic heterocycles. The minimum Gasteiger partial charge on any atom is -0.355 e. The molecule has 10 heteroatoms. The number of hydrogen-bond donors (Lipinski definition) is 2. The van der Waals surface area contributed by atoms with Crippen LogP contribution in [0.3, 0.4) is 0 Å². The molecule has 1 unspecified atom stereocenters. The Bertz CT molecular complexity index is 1530. The van der Waals surface area contributed by atoms with Gasteiger partial charge in [0.05, 0.1) is 17.3 Å². The van der Waals surface area contributed by atoms with E-state index in [1.165, 1.54) is 43.6 Å². The van der Waals surface area contributed by atoms with E-state index in [4.69, 9.17) is 0 Å². The zero-order valence-corrected chi connectivity index (χ0v) is 23.3. The van der Waals surface area contributed by atoms with Gasteiger partial charge in [-0.15, -0.1) is 0 Å². The number of carbonyl (C=O) groups is 2. The molecule has 0 saturated carbocycles. The third-order valence-corrected chi connectivity index (χ3v) is 6.84. The summed E-state index contributed by atoms with van der Waals surface area (Å²) in [5.41, 5.74) is 1.57. The molecule has 0 fully saturated rings. The van der Waals surface area contributed by atoms with Crippen LogP contribution in [0.25, 0.3) is 11.1 Å².